The van der Waals surface area contributed by atoms with Gasteiger partial charge >= 0.3 is 0 Å². The smallest absolute Gasteiger partial charge is 0.251 e. The van der Waals surface area contributed by atoms with Crippen LogP contribution < -0.4 is 5.56 Å². The molecular weight excluding hydrogens is 242 g/mol. The van der Waals surface area contributed by atoms with E-state index >= 15 is 0 Å². The van der Waals surface area contributed by atoms with Crippen LogP contribution in [0.25, 0.3) is 22.8 Å². The number of rotatable bonds is 2. The van der Waals surface area contributed by atoms with Crippen molar-refractivity contribution >= 4 is 0 Å². The van der Waals surface area contributed by atoms with E-state index in [4.69, 9.17) is 0 Å². The van der Waals surface area contributed by atoms with Crippen molar-refractivity contribution in [2.75, 3.05) is 0 Å². The van der Waals surface area contributed by atoms with E-state index in [1.54, 1.807) is 23.1 Å². The van der Waals surface area contributed by atoms with Crippen LogP contribution in [0.15, 0.2) is 47.7 Å². The first-order valence-corrected chi connectivity index (χ1v) is 5.74. The van der Waals surface area contributed by atoms with Gasteiger partial charge in [0.05, 0.1) is 11.9 Å². The molecule has 0 aromatic carbocycles. The second-order valence-electron chi connectivity index (χ2n) is 4.10. The fourth-order valence-corrected chi connectivity index (χ4v) is 1.78. The van der Waals surface area contributed by atoms with Gasteiger partial charge in [-0.15, -0.1) is 0 Å². The number of pyridine rings is 1. The summed E-state index contributed by atoms with van der Waals surface area (Å²) in [5.74, 6) is 0.451. The molecule has 0 amide bonds. The molecule has 0 aliphatic heterocycles. The zero-order valence-corrected chi connectivity index (χ0v) is 10.2. The highest BCUT2D eigenvalue weighted by atomic mass is 16.1. The van der Waals surface area contributed by atoms with E-state index in [0.29, 0.717) is 17.2 Å². The Morgan fingerprint density at radius 1 is 1.26 bits per heavy atom. The Morgan fingerprint density at radius 2 is 2.16 bits per heavy atom. The lowest BCUT2D eigenvalue weighted by molar-refractivity contribution is 0.768. The Bertz CT molecular complexity index is 760. The second kappa shape index (κ2) is 4.49. The summed E-state index contributed by atoms with van der Waals surface area (Å²) in [6.07, 6.45) is 5.14. The molecule has 94 valence electrons. The Hall–Kier alpha value is -2.76. The standard InChI is InChI=1S/C13H11N5O/c1-18-8-9(7-15-18)11-6-12(19)17-13(16-11)10-4-2-3-5-14-10/h2-8H,1H3,(H,16,17,19). The zero-order chi connectivity index (χ0) is 13.2. The summed E-state index contributed by atoms with van der Waals surface area (Å²) in [6.45, 7) is 0. The van der Waals surface area contributed by atoms with Gasteiger partial charge in [0.15, 0.2) is 5.82 Å². The maximum Gasteiger partial charge on any atom is 0.251 e. The molecule has 3 rings (SSSR count). The summed E-state index contributed by atoms with van der Waals surface area (Å²) < 4.78 is 1.67. The first kappa shape index (κ1) is 11.3. The molecule has 0 saturated heterocycles. The van der Waals surface area contributed by atoms with Gasteiger partial charge in [0.2, 0.25) is 0 Å². The number of nitrogens with zero attached hydrogens (tertiary/aromatic N) is 4. The zero-order valence-electron chi connectivity index (χ0n) is 10.2. The molecule has 0 atom stereocenters. The minimum Gasteiger partial charge on any atom is -0.305 e. The largest absolute Gasteiger partial charge is 0.305 e. The molecule has 1 N–H and O–H groups in total. The normalized spacial score (nSPS) is 10.6. The lowest BCUT2D eigenvalue weighted by Crippen LogP contribution is -2.08. The third kappa shape index (κ3) is 2.28. The summed E-state index contributed by atoms with van der Waals surface area (Å²) in [7, 11) is 1.82. The van der Waals surface area contributed by atoms with Gasteiger partial charge in [-0.3, -0.25) is 14.5 Å². The van der Waals surface area contributed by atoms with Crippen molar-refractivity contribution in [3.8, 4) is 22.8 Å². The second-order valence-corrected chi connectivity index (χ2v) is 4.10. The number of hydrogen-bond acceptors (Lipinski definition) is 4. The van der Waals surface area contributed by atoms with Crippen molar-refractivity contribution in [2.45, 2.75) is 0 Å². The van der Waals surface area contributed by atoms with Crippen LogP contribution in [0.3, 0.4) is 0 Å². The van der Waals surface area contributed by atoms with Crippen molar-refractivity contribution < 1.29 is 0 Å². The Labute approximate surface area is 108 Å². The van der Waals surface area contributed by atoms with Crippen LogP contribution in [0.4, 0.5) is 0 Å². The fourth-order valence-electron chi connectivity index (χ4n) is 1.78. The van der Waals surface area contributed by atoms with E-state index in [-0.39, 0.29) is 5.56 Å². The summed E-state index contributed by atoms with van der Waals surface area (Å²) in [5.41, 5.74) is 1.79. The van der Waals surface area contributed by atoms with Crippen molar-refractivity contribution in [3.63, 3.8) is 0 Å². The van der Waals surface area contributed by atoms with E-state index in [0.717, 1.165) is 5.56 Å². The Morgan fingerprint density at radius 3 is 2.84 bits per heavy atom. The van der Waals surface area contributed by atoms with Gasteiger partial charge < -0.3 is 4.98 Å². The number of H-pyrrole nitrogens is 1. The summed E-state index contributed by atoms with van der Waals surface area (Å²) in [4.78, 5) is 23.0. The average molecular weight is 253 g/mol. The van der Waals surface area contributed by atoms with Gasteiger partial charge in [0.25, 0.3) is 5.56 Å². The van der Waals surface area contributed by atoms with Gasteiger partial charge in [0, 0.05) is 31.1 Å². The Kier molecular flexibility index (Phi) is 2.68. The van der Waals surface area contributed by atoms with E-state index < -0.39 is 0 Å². The fraction of sp³-hybridized carbons (Fsp3) is 0.0769. The monoisotopic (exact) mass is 253 g/mol. The minimum absolute atomic E-state index is 0.213. The topological polar surface area (TPSA) is 76.5 Å². The highest BCUT2D eigenvalue weighted by Gasteiger charge is 2.07. The molecule has 6 heteroatoms. The number of hydrogen-bond donors (Lipinski definition) is 1. The molecule has 0 spiro atoms. The summed E-state index contributed by atoms with van der Waals surface area (Å²) in [6, 6.07) is 6.90. The molecule has 0 radical (unpaired) electrons. The minimum atomic E-state index is -0.213. The van der Waals surface area contributed by atoms with Crippen molar-refractivity contribution in [1.29, 1.82) is 0 Å². The summed E-state index contributed by atoms with van der Waals surface area (Å²) in [5, 5.41) is 4.07. The molecule has 19 heavy (non-hydrogen) atoms. The third-order valence-electron chi connectivity index (χ3n) is 2.65. The maximum absolute atomic E-state index is 11.7. The van der Waals surface area contributed by atoms with Crippen LogP contribution in [0.1, 0.15) is 0 Å². The van der Waals surface area contributed by atoms with Gasteiger partial charge in [-0.05, 0) is 12.1 Å². The molecule has 0 saturated carbocycles. The number of aromatic amines is 1. The van der Waals surface area contributed by atoms with E-state index in [9.17, 15) is 4.79 Å². The maximum atomic E-state index is 11.7. The number of aromatic nitrogens is 5. The average Bonchev–Trinajstić information content (AvgIpc) is 2.86. The van der Waals surface area contributed by atoms with E-state index in [2.05, 4.69) is 20.1 Å². The van der Waals surface area contributed by atoms with Crippen LogP contribution in [-0.4, -0.2) is 24.7 Å². The molecule has 3 aromatic heterocycles. The Balaban J connectivity index is 2.14. The molecule has 3 aromatic rings. The number of nitrogens with one attached hydrogen (secondary N) is 1. The van der Waals surface area contributed by atoms with Gasteiger partial charge in [-0.25, -0.2) is 4.98 Å². The molecule has 0 aliphatic rings. The first-order valence-electron chi connectivity index (χ1n) is 5.74. The van der Waals surface area contributed by atoms with Gasteiger partial charge in [-0.1, -0.05) is 6.07 Å². The highest BCUT2D eigenvalue weighted by molar-refractivity contribution is 5.60. The molecular formula is C13H11N5O. The van der Waals surface area contributed by atoms with Gasteiger partial charge in [-0.2, -0.15) is 5.10 Å². The van der Waals surface area contributed by atoms with Crippen LogP contribution >= 0.6 is 0 Å². The highest BCUT2D eigenvalue weighted by Crippen LogP contribution is 2.17. The van der Waals surface area contributed by atoms with E-state index in [1.807, 2.05) is 25.4 Å². The van der Waals surface area contributed by atoms with Crippen LogP contribution in [-0.2, 0) is 7.05 Å². The molecule has 0 aliphatic carbocycles. The van der Waals surface area contributed by atoms with Crippen molar-refractivity contribution in [3.05, 3.63) is 53.2 Å². The van der Waals surface area contributed by atoms with Crippen LogP contribution in [0.2, 0.25) is 0 Å². The number of aryl methyl sites for hydroxylation is 1. The van der Waals surface area contributed by atoms with E-state index in [1.165, 1.54) is 6.07 Å². The van der Waals surface area contributed by atoms with Gasteiger partial charge in [0.1, 0.15) is 5.69 Å². The summed E-state index contributed by atoms with van der Waals surface area (Å²) >= 11 is 0. The first-order chi connectivity index (χ1) is 9.22. The van der Waals surface area contributed by atoms with Crippen molar-refractivity contribution in [2.24, 2.45) is 7.05 Å². The molecule has 0 bridgehead atoms. The molecule has 3 heterocycles. The third-order valence-corrected chi connectivity index (χ3v) is 2.65. The molecule has 0 unspecified atom stereocenters. The van der Waals surface area contributed by atoms with Crippen LogP contribution in [0, 0.1) is 0 Å². The SMILES string of the molecule is Cn1cc(-c2cc(=O)[nH]c(-c3ccccn3)n2)cn1. The lowest BCUT2D eigenvalue weighted by atomic mass is 10.2. The lowest BCUT2D eigenvalue weighted by Gasteiger charge is -2.01. The van der Waals surface area contributed by atoms with Crippen LogP contribution in [0.5, 0.6) is 0 Å². The quantitative estimate of drug-likeness (QED) is 0.745. The molecule has 0 fully saturated rings. The van der Waals surface area contributed by atoms with Crippen molar-refractivity contribution in [1.82, 2.24) is 24.7 Å². The molecule has 6 nitrogen and oxygen atoms in total. The predicted molar refractivity (Wildman–Crippen MR) is 70.3 cm³/mol. The predicted octanol–water partition coefficient (Wildman–Crippen LogP) is 1.23.